The number of nitrogens with zero attached hydrogens (tertiary/aromatic N) is 2. The Morgan fingerprint density at radius 1 is 0.985 bits per heavy atom. The molecular formula is C47H80N4O14S. The third kappa shape index (κ3) is 12.1. The van der Waals surface area contributed by atoms with E-state index >= 15 is 0 Å². The first kappa shape index (κ1) is 56.2. The molecule has 378 valence electrons. The molecule has 18 nitrogen and oxygen atoms in total. The summed E-state index contributed by atoms with van der Waals surface area (Å²) in [4.78, 5) is 14.4. The standard InChI is InChI=1S/C47H80N4O14S/c1-14-20-49-26-47(57)32(8)62-37(23-45(47,10)60-13)64-39-29(5)41(44(9,55)22-27(3)25-50-31(7)40(53)46(11,56)36(15-2)63-42(54)30(39)6)65-43-38(52)35(21-28(4)61-43)51(12)66(58,59)34-18-16-33(24-48)17-19-34/h16-19,27-32,35-41,43,49-50,52-53,55-57H,14-15,20-23,25-26H2,1-13H3/t27-,28-,29+,30-,31-,32+,35+,36-,37+,38-,39+,40-,41-,43+,44-,45-,46-,47+/m1/s1. The van der Waals surface area contributed by atoms with Crippen molar-refractivity contribution in [1.29, 1.82) is 5.26 Å². The average molecular weight is 957 g/mol. The van der Waals surface area contributed by atoms with Gasteiger partial charge in [-0.25, -0.2) is 8.42 Å². The van der Waals surface area contributed by atoms with Crippen LogP contribution in [-0.2, 0) is 43.2 Å². The van der Waals surface area contributed by atoms with Crippen LogP contribution in [0.2, 0.25) is 0 Å². The van der Waals surface area contributed by atoms with E-state index in [2.05, 4.69) is 10.6 Å². The van der Waals surface area contributed by atoms with E-state index in [1.54, 1.807) is 55.4 Å². The third-order valence-corrected chi connectivity index (χ3v) is 16.4. The second-order valence-electron chi connectivity index (χ2n) is 19.9. The van der Waals surface area contributed by atoms with Crippen molar-refractivity contribution in [3.05, 3.63) is 29.8 Å². The molecule has 0 radical (unpaired) electrons. The van der Waals surface area contributed by atoms with E-state index in [9.17, 15) is 44.0 Å². The molecule has 0 saturated carbocycles. The molecule has 0 aliphatic carbocycles. The molecule has 3 aliphatic rings. The first-order valence-electron chi connectivity index (χ1n) is 23.5. The summed E-state index contributed by atoms with van der Waals surface area (Å²) in [5.41, 5.74) is -6.10. The molecule has 3 saturated heterocycles. The van der Waals surface area contributed by atoms with Crippen LogP contribution in [0.3, 0.4) is 0 Å². The van der Waals surface area contributed by atoms with Crippen LogP contribution in [0, 0.1) is 29.1 Å². The zero-order valence-electron chi connectivity index (χ0n) is 41.3. The maximum Gasteiger partial charge on any atom is 0.311 e. The van der Waals surface area contributed by atoms with Crippen LogP contribution in [0.1, 0.15) is 114 Å². The van der Waals surface area contributed by atoms with Crippen LogP contribution < -0.4 is 10.6 Å². The molecule has 3 aliphatic heterocycles. The number of rotatable bonds is 13. The summed E-state index contributed by atoms with van der Waals surface area (Å²) in [5, 5.41) is 76.0. The molecule has 18 atom stereocenters. The number of benzene rings is 1. The zero-order chi connectivity index (χ0) is 49.7. The Bertz CT molecular complexity index is 1890. The second-order valence-corrected chi connectivity index (χ2v) is 21.9. The van der Waals surface area contributed by atoms with E-state index in [0.717, 1.165) is 10.7 Å². The second kappa shape index (κ2) is 22.6. The normalized spacial score (nSPS) is 42.5. The van der Waals surface area contributed by atoms with Crippen LogP contribution in [0.15, 0.2) is 29.2 Å². The van der Waals surface area contributed by atoms with Crippen molar-refractivity contribution < 1.29 is 67.2 Å². The fourth-order valence-electron chi connectivity index (χ4n) is 10.1. The van der Waals surface area contributed by atoms with Gasteiger partial charge in [-0.1, -0.05) is 27.7 Å². The first-order chi connectivity index (χ1) is 30.6. The zero-order valence-corrected chi connectivity index (χ0v) is 42.1. The molecule has 0 aromatic heterocycles. The molecule has 1 aromatic carbocycles. The number of likely N-dealkylation sites (N-methyl/N-ethyl adjacent to an activating group) is 1. The minimum absolute atomic E-state index is 0.00776. The number of hydrogen-bond acceptors (Lipinski definition) is 17. The molecule has 7 N–H and O–H groups in total. The Kier molecular flexibility index (Phi) is 19.2. The largest absolute Gasteiger partial charge is 0.459 e. The van der Waals surface area contributed by atoms with Crippen molar-refractivity contribution in [2.75, 3.05) is 33.8 Å². The van der Waals surface area contributed by atoms with Gasteiger partial charge in [0.25, 0.3) is 0 Å². The highest BCUT2D eigenvalue weighted by atomic mass is 32.2. The van der Waals surface area contributed by atoms with Crippen LogP contribution in [-0.4, -0.2) is 168 Å². The van der Waals surface area contributed by atoms with Gasteiger partial charge in [0.1, 0.15) is 35.1 Å². The molecule has 0 unspecified atom stereocenters. The minimum Gasteiger partial charge on any atom is -0.459 e. The molecule has 0 amide bonds. The van der Waals surface area contributed by atoms with Gasteiger partial charge in [-0.15, -0.1) is 0 Å². The quantitative estimate of drug-likeness (QED) is 0.111. The molecule has 3 heterocycles. The Balaban J connectivity index is 1.82. The maximum absolute atomic E-state index is 14.5. The van der Waals surface area contributed by atoms with Crippen LogP contribution >= 0.6 is 0 Å². The number of aliphatic hydroxyl groups is 5. The van der Waals surface area contributed by atoms with E-state index < -0.39 is 118 Å². The van der Waals surface area contributed by atoms with Crippen LogP contribution in [0.5, 0.6) is 0 Å². The SMILES string of the molecule is CCCNC[C@]1(O)[C@H](C)O[C@@H](O[C@H]2[C@H](C)[C@@H](O[C@@H]3O[C@H](C)C[C@H](N(C)S(=O)(=O)c4ccc(C#N)cc4)[C@H]3O)[C@](C)(O)C[C@@H](C)CN[C@H](C)[C@@H](O)[C@](C)(O)[C@@H](CC)OC(=O)[C@@H]2C)C[C@@]1(C)OC. The summed E-state index contributed by atoms with van der Waals surface area (Å²) in [6.45, 7) is 19.9. The molecule has 4 rings (SSSR count). The number of aliphatic hydroxyl groups excluding tert-OH is 2. The summed E-state index contributed by atoms with van der Waals surface area (Å²) in [6, 6.07) is 5.68. The monoisotopic (exact) mass is 957 g/mol. The van der Waals surface area contributed by atoms with Crippen LogP contribution in [0.25, 0.3) is 0 Å². The predicted octanol–water partition coefficient (Wildman–Crippen LogP) is 2.56. The Hall–Kier alpha value is -2.39. The smallest absolute Gasteiger partial charge is 0.311 e. The highest BCUT2D eigenvalue weighted by Crippen LogP contribution is 2.43. The first-order valence-corrected chi connectivity index (χ1v) is 24.9. The lowest BCUT2D eigenvalue weighted by Gasteiger charge is -2.53. The fraction of sp³-hybridized carbons (Fsp3) is 0.830. The molecular weight excluding hydrogens is 877 g/mol. The fourth-order valence-corrected chi connectivity index (χ4v) is 11.5. The summed E-state index contributed by atoms with van der Waals surface area (Å²) in [7, 11) is -1.36. The highest BCUT2D eigenvalue weighted by Gasteiger charge is 2.58. The Labute approximate surface area is 392 Å². The predicted molar refractivity (Wildman–Crippen MR) is 244 cm³/mol. The molecule has 3 fully saturated rings. The topological polar surface area (TPSA) is 259 Å². The number of ether oxygens (including phenoxy) is 6. The lowest BCUT2D eigenvalue weighted by molar-refractivity contribution is -0.336. The summed E-state index contributed by atoms with van der Waals surface area (Å²) in [6.07, 6.45) is -9.55. The van der Waals surface area contributed by atoms with Gasteiger partial charge in [-0.2, -0.15) is 9.57 Å². The molecule has 1 aromatic rings. The van der Waals surface area contributed by atoms with Crippen molar-refractivity contribution in [2.24, 2.45) is 17.8 Å². The van der Waals surface area contributed by atoms with Crippen LogP contribution in [0.4, 0.5) is 0 Å². The van der Waals surface area contributed by atoms with Gasteiger partial charge in [-0.3, -0.25) is 4.79 Å². The Morgan fingerprint density at radius 2 is 1.62 bits per heavy atom. The number of nitrogens with one attached hydrogen (secondary N) is 2. The molecule has 0 bridgehead atoms. The van der Waals surface area contributed by atoms with Gasteiger partial charge < -0.3 is 64.6 Å². The number of esters is 1. The van der Waals surface area contributed by atoms with E-state index in [0.29, 0.717) is 6.54 Å². The lowest BCUT2D eigenvalue weighted by Crippen LogP contribution is -2.70. The molecule has 19 heteroatoms. The number of methoxy groups -OCH3 is 1. The number of hydrogen-bond donors (Lipinski definition) is 7. The van der Waals surface area contributed by atoms with Gasteiger partial charge in [0.15, 0.2) is 12.6 Å². The van der Waals surface area contributed by atoms with Gasteiger partial charge in [0.2, 0.25) is 10.0 Å². The van der Waals surface area contributed by atoms with Crippen molar-refractivity contribution in [2.45, 2.75) is 203 Å². The van der Waals surface area contributed by atoms with Gasteiger partial charge in [0, 0.05) is 39.1 Å². The summed E-state index contributed by atoms with van der Waals surface area (Å²) >= 11 is 0. The van der Waals surface area contributed by atoms with E-state index in [1.807, 2.05) is 19.9 Å². The number of cyclic esters (lactones) is 1. The Morgan fingerprint density at radius 3 is 2.20 bits per heavy atom. The highest BCUT2D eigenvalue weighted by molar-refractivity contribution is 7.89. The minimum atomic E-state index is -4.20. The van der Waals surface area contributed by atoms with Gasteiger partial charge in [0.05, 0.1) is 58.5 Å². The van der Waals surface area contributed by atoms with E-state index in [4.69, 9.17) is 28.4 Å². The van der Waals surface area contributed by atoms with E-state index in [-0.39, 0.29) is 55.1 Å². The van der Waals surface area contributed by atoms with Crippen molar-refractivity contribution in [3.8, 4) is 6.07 Å². The van der Waals surface area contributed by atoms with Crippen molar-refractivity contribution in [1.82, 2.24) is 14.9 Å². The lowest BCUT2D eigenvalue weighted by atomic mass is 9.75. The number of nitriles is 1. The van der Waals surface area contributed by atoms with Gasteiger partial charge in [-0.05, 0) is 117 Å². The van der Waals surface area contributed by atoms with Crippen molar-refractivity contribution in [3.63, 3.8) is 0 Å². The summed E-state index contributed by atoms with van der Waals surface area (Å²) in [5.74, 6) is -3.20. The maximum atomic E-state index is 14.5. The number of carbonyl (C=O) groups is 1. The van der Waals surface area contributed by atoms with Crippen molar-refractivity contribution >= 4 is 16.0 Å². The van der Waals surface area contributed by atoms with Gasteiger partial charge >= 0.3 is 5.97 Å². The number of carbonyl (C=O) groups excluding carboxylic acids is 1. The average Bonchev–Trinajstić information content (AvgIpc) is 3.26. The third-order valence-electron chi connectivity index (χ3n) is 14.5. The molecule has 66 heavy (non-hydrogen) atoms. The summed E-state index contributed by atoms with van der Waals surface area (Å²) < 4.78 is 67.3. The van der Waals surface area contributed by atoms with E-state index in [1.165, 1.54) is 45.3 Å². The number of sulfonamides is 1. The molecule has 0 spiro atoms.